The molecule has 0 aliphatic carbocycles. The van der Waals surface area contributed by atoms with E-state index >= 15 is 0 Å². The Hall–Kier alpha value is -0.493. The van der Waals surface area contributed by atoms with Gasteiger partial charge in [-0.1, -0.05) is 41.2 Å². The number of hydrogen-bond donors (Lipinski definition) is 0. The molecule has 0 aromatic rings. The lowest BCUT2D eigenvalue weighted by molar-refractivity contribution is -0.169. The minimum Gasteiger partial charge on any atom is -0.403 e. The third kappa shape index (κ3) is 4.07. The maximum absolute atomic E-state index is 11.5. The monoisotopic (exact) mass is 328 g/mol. The fourth-order valence-corrected chi connectivity index (χ4v) is 3.42. The van der Waals surface area contributed by atoms with Crippen LogP contribution in [0.5, 0.6) is 0 Å². The van der Waals surface area contributed by atoms with Crippen molar-refractivity contribution in [2.75, 3.05) is 6.61 Å². The van der Waals surface area contributed by atoms with E-state index in [0.717, 1.165) is 19.1 Å². The SMILES string of the molecule is C=C([C@@H](C=O)O[Si](C)(C)C(C)(C)C)[C@H]1COC(CC)(CC)O1. The molecule has 0 spiro atoms. The summed E-state index contributed by atoms with van der Waals surface area (Å²) in [6, 6.07) is 0. The summed E-state index contributed by atoms with van der Waals surface area (Å²) < 4.78 is 18.1. The minimum atomic E-state index is -2.04. The number of hydrogen-bond acceptors (Lipinski definition) is 4. The van der Waals surface area contributed by atoms with E-state index in [4.69, 9.17) is 13.9 Å². The Bertz CT molecular complexity index is 407. The number of carbonyl (C=O) groups excluding carboxylic acids is 1. The zero-order valence-corrected chi connectivity index (χ0v) is 16.2. The highest BCUT2D eigenvalue weighted by molar-refractivity contribution is 6.74. The first-order valence-electron chi connectivity index (χ1n) is 8.15. The van der Waals surface area contributed by atoms with Crippen molar-refractivity contribution in [2.45, 2.75) is 83.6 Å². The molecular formula is C17H32O4Si. The Morgan fingerprint density at radius 1 is 1.41 bits per heavy atom. The second kappa shape index (κ2) is 6.95. The van der Waals surface area contributed by atoms with Gasteiger partial charge in [-0.05, 0) is 36.5 Å². The molecule has 0 N–H and O–H groups in total. The van der Waals surface area contributed by atoms with Crippen molar-refractivity contribution in [3.05, 3.63) is 12.2 Å². The van der Waals surface area contributed by atoms with Gasteiger partial charge in [0.1, 0.15) is 12.2 Å². The van der Waals surface area contributed by atoms with Crippen LogP contribution in [0.3, 0.4) is 0 Å². The van der Waals surface area contributed by atoms with Crippen molar-refractivity contribution in [1.29, 1.82) is 0 Å². The molecule has 1 aliphatic rings. The van der Waals surface area contributed by atoms with Gasteiger partial charge in [0.2, 0.25) is 0 Å². The van der Waals surface area contributed by atoms with E-state index in [9.17, 15) is 4.79 Å². The predicted octanol–water partition coefficient (Wildman–Crippen LogP) is 4.06. The van der Waals surface area contributed by atoms with Gasteiger partial charge in [0.15, 0.2) is 20.4 Å². The van der Waals surface area contributed by atoms with Crippen molar-refractivity contribution in [3.63, 3.8) is 0 Å². The highest BCUT2D eigenvalue weighted by Crippen LogP contribution is 2.39. The van der Waals surface area contributed by atoms with Gasteiger partial charge >= 0.3 is 0 Å². The Kier molecular flexibility index (Phi) is 6.18. The van der Waals surface area contributed by atoms with Crippen LogP contribution in [-0.4, -0.2) is 39.2 Å². The second-order valence-electron chi connectivity index (χ2n) is 7.55. The van der Waals surface area contributed by atoms with Crippen LogP contribution in [0.25, 0.3) is 0 Å². The van der Waals surface area contributed by atoms with E-state index in [1.54, 1.807) is 0 Å². The summed E-state index contributed by atoms with van der Waals surface area (Å²) in [5.74, 6) is -0.544. The lowest BCUT2D eigenvalue weighted by Gasteiger charge is -2.38. The molecule has 0 amide bonds. The summed E-state index contributed by atoms with van der Waals surface area (Å²) in [7, 11) is -2.04. The summed E-state index contributed by atoms with van der Waals surface area (Å²) in [5.41, 5.74) is 0.670. The second-order valence-corrected chi connectivity index (χ2v) is 12.3. The molecule has 1 heterocycles. The molecule has 2 atom stereocenters. The van der Waals surface area contributed by atoms with Crippen LogP contribution >= 0.6 is 0 Å². The average molecular weight is 329 g/mol. The van der Waals surface area contributed by atoms with Gasteiger partial charge in [0, 0.05) is 0 Å². The largest absolute Gasteiger partial charge is 0.403 e. The van der Waals surface area contributed by atoms with Crippen LogP contribution in [0.15, 0.2) is 12.2 Å². The highest BCUT2D eigenvalue weighted by Gasteiger charge is 2.44. The molecule has 1 rings (SSSR count). The van der Waals surface area contributed by atoms with Crippen molar-refractivity contribution in [2.24, 2.45) is 0 Å². The third-order valence-electron chi connectivity index (χ3n) is 5.06. The molecule has 0 radical (unpaired) electrons. The minimum absolute atomic E-state index is 0.0398. The van der Waals surface area contributed by atoms with Gasteiger partial charge in [-0.25, -0.2) is 0 Å². The average Bonchev–Trinajstić information content (AvgIpc) is 2.88. The quantitative estimate of drug-likeness (QED) is 0.401. The lowest BCUT2D eigenvalue weighted by Crippen LogP contribution is -2.46. The fraction of sp³-hybridized carbons (Fsp3) is 0.824. The van der Waals surface area contributed by atoms with Crippen LogP contribution in [0.1, 0.15) is 47.5 Å². The smallest absolute Gasteiger partial charge is 0.193 e. The van der Waals surface area contributed by atoms with E-state index < -0.39 is 20.2 Å². The van der Waals surface area contributed by atoms with E-state index in [-0.39, 0.29) is 11.1 Å². The molecule has 1 aliphatic heterocycles. The molecule has 5 heteroatoms. The third-order valence-corrected chi connectivity index (χ3v) is 9.52. The molecule has 22 heavy (non-hydrogen) atoms. The predicted molar refractivity (Wildman–Crippen MR) is 91.4 cm³/mol. The van der Waals surface area contributed by atoms with Gasteiger partial charge in [-0.3, -0.25) is 0 Å². The molecule has 0 unspecified atom stereocenters. The standard InChI is InChI=1S/C17H32O4Si/c1-9-17(10-2)19-12-15(20-17)13(3)14(11-18)21-22(7,8)16(4,5)6/h11,14-15H,3,9-10,12H2,1-2,4-8H3/t14-,15-/m1/s1. The molecule has 0 bridgehead atoms. The van der Waals surface area contributed by atoms with E-state index in [0.29, 0.717) is 12.2 Å². The summed E-state index contributed by atoms with van der Waals surface area (Å²) in [6.45, 7) is 19.3. The number of carbonyl (C=O) groups is 1. The maximum Gasteiger partial charge on any atom is 0.193 e. The van der Waals surface area contributed by atoms with Crippen molar-refractivity contribution in [1.82, 2.24) is 0 Å². The van der Waals surface area contributed by atoms with Crippen LogP contribution in [-0.2, 0) is 18.7 Å². The summed E-state index contributed by atoms with van der Waals surface area (Å²) >= 11 is 0. The zero-order valence-electron chi connectivity index (χ0n) is 15.2. The highest BCUT2D eigenvalue weighted by atomic mass is 28.4. The van der Waals surface area contributed by atoms with Crippen molar-refractivity contribution >= 4 is 14.6 Å². The molecule has 128 valence electrons. The molecule has 1 fully saturated rings. The fourth-order valence-electron chi connectivity index (χ4n) is 2.23. The maximum atomic E-state index is 11.5. The number of aldehydes is 1. The van der Waals surface area contributed by atoms with Gasteiger partial charge in [-0.2, -0.15) is 0 Å². The Balaban J connectivity index is 2.81. The van der Waals surface area contributed by atoms with Crippen LogP contribution in [0, 0.1) is 0 Å². The van der Waals surface area contributed by atoms with Gasteiger partial charge in [0.05, 0.1) is 6.61 Å². The first-order valence-corrected chi connectivity index (χ1v) is 11.1. The van der Waals surface area contributed by atoms with Crippen molar-refractivity contribution in [3.8, 4) is 0 Å². The first kappa shape index (κ1) is 19.6. The zero-order chi connectivity index (χ0) is 17.2. The summed E-state index contributed by atoms with van der Waals surface area (Å²) in [4.78, 5) is 11.5. The van der Waals surface area contributed by atoms with Gasteiger partial charge in [0.25, 0.3) is 0 Å². The van der Waals surface area contributed by atoms with Crippen LogP contribution in [0.2, 0.25) is 18.1 Å². The summed E-state index contributed by atoms with van der Waals surface area (Å²) in [6.07, 6.45) is 1.49. The Labute approximate surface area is 136 Å². The number of ether oxygens (including phenoxy) is 2. The molecular weight excluding hydrogens is 296 g/mol. The van der Waals surface area contributed by atoms with E-state index in [1.807, 2.05) is 13.8 Å². The number of rotatable bonds is 7. The molecule has 0 aromatic carbocycles. The molecule has 0 saturated carbocycles. The Morgan fingerprint density at radius 3 is 2.32 bits per heavy atom. The van der Waals surface area contributed by atoms with E-state index in [2.05, 4.69) is 40.4 Å². The molecule has 1 saturated heterocycles. The first-order chi connectivity index (χ1) is 10.0. The lowest BCUT2D eigenvalue weighted by atomic mass is 10.1. The van der Waals surface area contributed by atoms with Crippen LogP contribution < -0.4 is 0 Å². The topological polar surface area (TPSA) is 44.8 Å². The van der Waals surface area contributed by atoms with Gasteiger partial charge in [-0.15, -0.1) is 0 Å². The summed E-state index contributed by atoms with van der Waals surface area (Å²) in [5, 5.41) is 0.0398. The van der Waals surface area contributed by atoms with Crippen molar-refractivity contribution < 1.29 is 18.7 Å². The normalized spacial score (nSPS) is 23.3. The molecule has 4 nitrogen and oxygen atoms in total. The van der Waals surface area contributed by atoms with Crippen LogP contribution in [0.4, 0.5) is 0 Å². The van der Waals surface area contributed by atoms with E-state index in [1.165, 1.54) is 0 Å². The van der Waals surface area contributed by atoms with Gasteiger partial charge < -0.3 is 18.7 Å². The Morgan fingerprint density at radius 2 is 1.95 bits per heavy atom. The molecule has 0 aromatic heterocycles.